The number of urea groups is 1. The van der Waals surface area contributed by atoms with Crippen molar-refractivity contribution in [3.05, 3.63) is 47.3 Å². The zero-order valence-electron chi connectivity index (χ0n) is 15.6. The van der Waals surface area contributed by atoms with Gasteiger partial charge < -0.3 is 20.3 Å². The Bertz CT molecular complexity index is 1030. The van der Waals surface area contributed by atoms with Gasteiger partial charge in [0.1, 0.15) is 5.82 Å². The first-order valence-electron chi connectivity index (χ1n) is 9.16. The van der Waals surface area contributed by atoms with E-state index in [1.807, 2.05) is 0 Å². The molecule has 2 aliphatic rings. The van der Waals surface area contributed by atoms with Crippen LogP contribution < -0.4 is 10.6 Å². The fraction of sp³-hybridized carbons (Fsp3) is 0.400. The van der Waals surface area contributed by atoms with Crippen molar-refractivity contribution in [1.82, 2.24) is 14.9 Å². The van der Waals surface area contributed by atoms with E-state index in [4.69, 9.17) is 5.11 Å². The molecular formula is C20H19F3N4O2. The summed E-state index contributed by atoms with van der Waals surface area (Å²) in [5, 5.41) is 13.8. The van der Waals surface area contributed by atoms with Gasteiger partial charge in [-0.3, -0.25) is 0 Å². The van der Waals surface area contributed by atoms with Crippen molar-refractivity contribution in [2.45, 2.75) is 44.4 Å². The number of rotatable bonds is 4. The van der Waals surface area contributed by atoms with Crippen molar-refractivity contribution in [1.29, 1.82) is 0 Å². The molecule has 0 saturated heterocycles. The normalized spacial score (nSPS) is 20.9. The summed E-state index contributed by atoms with van der Waals surface area (Å²) in [4.78, 5) is 16.1. The van der Waals surface area contributed by atoms with Gasteiger partial charge in [-0.15, -0.1) is 0 Å². The number of carbonyl (C=O) groups excluding carboxylic acids is 1. The highest BCUT2D eigenvalue weighted by Gasteiger charge is 2.55. The Labute approximate surface area is 165 Å². The number of anilines is 1. The molecule has 4 rings (SSSR count). The van der Waals surface area contributed by atoms with Crippen molar-refractivity contribution in [3.63, 3.8) is 0 Å². The van der Waals surface area contributed by atoms with Crippen LogP contribution in [-0.4, -0.2) is 26.6 Å². The van der Waals surface area contributed by atoms with Crippen molar-refractivity contribution in [2.75, 3.05) is 5.32 Å². The quantitative estimate of drug-likeness (QED) is 0.686. The van der Waals surface area contributed by atoms with Gasteiger partial charge in [0.15, 0.2) is 5.54 Å². The van der Waals surface area contributed by atoms with Crippen molar-refractivity contribution in [2.24, 2.45) is 5.92 Å². The highest BCUT2D eigenvalue weighted by atomic mass is 19.3. The second-order valence-electron chi connectivity index (χ2n) is 7.45. The Balaban J connectivity index is 1.79. The molecule has 1 fully saturated rings. The minimum Gasteiger partial charge on any atom is -0.390 e. The van der Waals surface area contributed by atoms with Crippen LogP contribution in [0.1, 0.15) is 36.6 Å². The fourth-order valence-corrected chi connectivity index (χ4v) is 3.31. The van der Waals surface area contributed by atoms with Crippen LogP contribution in [0, 0.1) is 23.6 Å². The van der Waals surface area contributed by atoms with Crippen molar-refractivity contribution < 1.29 is 23.1 Å². The highest BCUT2D eigenvalue weighted by Crippen LogP contribution is 2.44. The zero-order valence-corrected chi connectivity index (χ0v) is 15.6. The predicted molar refractivity (Wildman–Crippen MR) is 98.6 cm³/mol. The summed E-state index contributed by atoms with van der Waals surface area (Å²) >= 11 is 0. The smallest absolute Gasteiger partial charge is 0.320 e. The van der Waals surface area contributed by atoms with Crippen molar-refractivity contribution >= 4 is 11.7 Å². The Hall–Kier alpha value is -2.99. The monoisotopic (exact) mass is 404 g/mol. The number of nitrogens with zero attached hydrogens (tertiary/aromatic N) is 2. The lowest BCUT2D eigenvalue weighted by atomic mass is 9.81. The van der Waals surface area contributed by atoms with Crippen LogP contribution in [0.2, 0.25) is 0 Å². The SMILES string of the molecule is CC(F)(F)[C@@]1(C#CC2CC2)NC(=O)Nc2cc(Cn3cnc(CO)c3)c(F)cc21. The number of carbonyl (C=O) groups is 1. The number of fused-ring (bicyclic) bond motifs is 1. The molecule has 1 saturated carbocycles. The van der Waals surface area contributed by atoms with E-state index in [1.54, 1.807) is 10.8 Å². The third-order valence-corrected chi connectivity index (χ3v) is 5.04. The van der Waals surface area contributed by atoms with Crippen LogP contribution in [-0.2, 0) is 18.7 Å². The Morgan fingerprint density at radius 1 is 1.41 bits per heavy atom. The van der Waals surface area contributed by atoms with Crippen LogP contribution in [0.5, 0.6) is 0 Å². The third-order valence-electron chi connectivity index (χ3n) is 5.04. The van der Waals surface area contributed by atoms with Gasteiger partial charge in [0.05, 0.1) is 25.2 Å². The molecule has 2 amide bonds. The molecule has 6 nitrogen and oxygen atoms in total. The number of nitrogens with one attached hydrogen (secondary N) is 2. The predicted octanol–water partition coefficient (Wildman–Crippen LogP) is 2.96. The van der Waals surface area contributed by atoms with E-state index in [-0.39, 0.29) is 35.9 Å². The van der Waals surface area contributed by atoms with Crippen LogP contribution in [0.3, 0.4) is 0 Å². The van der Waals surface area contributed by atoms with E-state index in [0.717, 1.165) is 18.9 Å². The van der Waals surface area contributed by atoms with E-state index in [0.29, 0.717) is 12.6 Å². The molecule has 0 unspecified atom stereocenters. The van der Waals surface area contributed by atoms with Crippen molar-refractivity contribution in [3.8, 4) is 11.8 Å². The van der Waals surface area contributed by atoms with Crippen LogP contribution in [0.15, 0.2) is 24.7 Å². The van der Waals surface area contributed by atoms with Gasteiger partial charge in [-0.05, 0) is 25.0 Å². The van der Waals surface area contributed by atoms with Gasteiger partial charge in [0.25, 0.3) is 5.92 Å². The molecule has 1 aliphatic carbocycles. The Morgan fingerprint density at radius 3 is 2.79 bits per heavy atom. The average Bonchev–Trinajstić information content (AvgIpc) is 3.37. The molecule has 0 bridgehead atoms. The fourth-order valence-electron chi connectivity index (χ4n) is 3.31. The first-order chi connectivity index (χ1) is 13.7. The molecule has 0 radical (unpaired) electrons. The molecule has 0 spiro atoms. The molecule has 3 N–H and O–H groups in total. The second-order valence-corrected chi connectivity index (χ2v) is 7.45. The second kappa shape index (κ2) is 6.81. The first kappa shape index (κ1) is 19.3. The zero-order chi connectivity index (χ0) is 20.8. The topological polar surface area (TPSA) is 79.2 Å². The summed E-state index contributed by atoms with van der Waals surface area (Å²) in [6, 6.07) is 1.51. The number of benzene rings is 1. The van der Waals surface area contributed by atoms with Crippen LogP contribution in [0.25, 0.3) is 0 Å². The van der Waals surface area contributed by atoms with Gasteiger partial charge in [-0.1, -0.05) is 11.8 Å². The summed E-state index contributed by atoms with van der Waals surface area (Å²) < 4.78 is 45.8. The lowest BCUT2D eigenvalue weighted by molar-refractivity contribution is -0.0465. The molecule has 2 heterocycles. The summed E-state index contributed by atoms with van der Waals surface area (Å²) in [5.74, 6) is 1.21. The maximum Gasteiger partial charge on any atom is 0.320 e. The number of aliphatic hydroxyl groups is 1. The summed E-state index contributed by atoms with van der Waals surface area (Å²) in [5.41, 5.74) is -1.75. The molecule has 1 aromatic heterocycles. The first-order valence-corrected chi connectivity index (χ1v) is 9.16. The largest absolute Gasteiger partial charge is 0.390 e. The molecule has 152 valence electrons. The molecule has 1 atom stereocenters. The van der Waals surface area contributed by atoms with Gasteiger partial charge in [0.2, 0.25) is 0 Å². The minimum atomic E-state index is -3.45. The summed E-state index contributed by atoms with van der Waals surface area (Å²) in [6.07, 6.45) is 4.62. The van der Waals surface area contributed by atoms with E-state index < -0.39 is 23.3 Å². The Kier molecular flexibility index (Phi) is 4.54. The van der Waals surface area contributed by atoms with Crippen LogP contribution in [0.4, 0.5) is 23.7 Å². The number of imidazole rings is 1. The summed E-state index contributed by atoms with van der Waals surface area (Å²) in [6.45, 7) is 0.464. The molecule has 29 heavy (non-hydrogen) atoms. The number of aromatic nitrogens is 2. The molecular weight excluding hydrogens is 385 g/mol. The number of halogens is 3. The van der Waals surface area contributed by atoms with E-state index in [2.05, 4.69) is 27.5 Å². The van der Waals surface area contributed by atoms with Crippen LogP contribution >= 0.6 is 0 Å². The minimum absolute atomic E-state index is 0.0237. The standard InChI is InChI=1S/C20H19F3N4O2/c1-19(22,23)20(5-4-12-2-3-12)15-7-16(21)13(6-17(15)25-18(29)26-20)8-27-9-14(10-28)24-11-27/h6-7,9,11-12,28H,2-3,8,10H2,1H3,(H2,25,26,29)/t20-/m0/s1. The van der Waals surface area contributed by atoms with E-state index in [9.17, 15) is 18.0 Å². The van der Waals surface area contributed by atoms with E-state index in [1.165, 1.54) is 12.4 Å². The molecule has 1 aliphatic heterocycles. The highest BCUT2D eigenvalue weighted by molar-refractivity contribution is 5.95. The molecule has 1 aromatic carbocycles. The molecule has 9 heteroatoms. The molecule has 2 aromatic rings. The van der Waals surface area contributed by atoms with E-state index >= 15 is 0 Å². The van der Waals surface area contributed by atoms with Gasteiger partial charge >= 0.3 is 6.03 Å². The number of hydrogen-bond donors (Lipinski definition) is 3. The van der Waals surface area contributed by atoms with Gasteiger partial charge in [0, 0.05) is 35.9 Å². The summed E-state index contributed by atoms with van der Waals surface area (Å²) in [7, 11) is 0. The van der Waals surface area contributed by atoms with Gasteiger partial charge in [-0.25, -0.2) is 22.9 Å². The maximum absolute atomic E-state index is 14.9. The number of alkyl halides is 2. The number of aliphatic hydroxyl groups excluding tert-OH is 1. The maximum atomic E-state index is 14.9. The lowest BCUT2D eigenvalue weighted by Gasteiger charge is -2.40. The van der Waals surface area contributed by atoms with Gasteiger partial charge in [-0.2, -0.15) is 0 Å². The lowest BCUT2D eigenvalue weighted by Crippen LogP contribution is -2.59. The number of hydrogen-bond acceptors (Lipinski definition) is 3. The average molecular weight is 404 g/mol. The third kappa shape index (κ3) is 3.56. The number of amides is 2. The Morgan fingerprint density at radius 2 is 2.17 bits per heavy atom.